The number of methoxy groups -OCH3 is 1. The van der Waals surface area contributed by atoms with Crippen molar-refractivity contribution in [2.45, 2.75) is 0 Å². The minimum atomic E-state index is 0.828. The van der Waals surface area contributed by atoms with Gasteiger partial charge in [0.05, 0.1) is 19.8 Å². The fourth-order valence-corrected chi connectivity index (χ4v) is 0.773. The number of nitrogens with one attached hydrogen (secondary N) is 1. The summed E-state index contributed by atoms with van der Waals surface area (Å²) in [5.74, 6) is 0.828. The van der Waals surface area contributed by atoms with Crippen molar-refractivity contribution in [3.8, 4) is 5.75 Å². The highest BCUT2D eigenvalue weighted by Crippen LogP contribution is 2.14. The van der Waals surface area contributed by atoms with E-state index in [2.05, 4.69) is 15.8 Å². The van der Waals surface area contributed by atoms with Crippen LogP contribution in [-0.2, 0) is 0 Å². The van der Waals surface area contributed by atoms with Crippen LogP contribution < -0.4 is 10.2 Å². The van der Waals surface area contributed by atoms with Crippen LogP contribution in [-0.4, -0.2) is 14.2 Å². The van der Waals surface area contributed by atoms with Crippen LogP contribution in [0.15, 0.2) is 34.6 Å². The molecule has 0 aromatic heterocycles. The van der Waals surface area contributed by atoms with E-state index >= 15 is 0 Å². The van der Waals surface area contributed by atoms with E-state index in [-0.39, 0.29) is 0 Å². The van der Waals surface area contributed by atoms with Gasteiger partial charge in [0, 0.05) is 0 Å². The first kappa shape index (κ1) is 8.52. The molecule has 0 fully saturated rings. The van der Waals surface area contributed by atoms with E-state index in [1.54, 1.807) is 14.2 Å². The van der Waals surface area contributed by atoms with Crippen molar-refractivity contribution in [2.75, 3.05) is 19.6 Å². The van der Waals surface area contributed by atoms with E-state index in [4.69, 9.17) is 4.74 Å². The molecule has 12 heavy (non-hydrogen) atoms. The Morgan fingerprint density at radius 1 is 1.25 bits per heavy atom. The van der Waals surface area contributed by atoms with Gasteiger partial charge in [0.15, 0.2) is 0 Å². The molecule has 1 N–H and O–H groups in total. The molecule has 0 atom stereocenters. The summed E-state index contributed by atoms with van der Waals surface area (Å²) in [5.41, 5.74) is 3.64. The summed E-state index contributed by atoms with van der Waals surface area (Å²) < 4.78 is 4.99. The maximum atomic E-state index is 4.99. The van der Waals surface area contributed by atoms with Crippen LogP contribution in [0.4, 0.5) is 5.69 Å². The third kappa shape index (κ3) is 2.23. The average molecular weight is 165 g/mol. The Morgan fingerprint density at radius 2 is 1.92 bits per heavy atom. The maximum absolute atomic E-state index is 4.99. The summed E-state index contributed by atoms with van der Waals surface area (Å²) in [6, 6.07) is 7.45. The smallest absolute Gasteiger partial charge is 0.119 e. The minimum Gasteiger partial charge on any atom is -0.497 e. The first-order valence-corrected chi connectivity index (χ1v) is 3.55. The zero-order valence-electron chi connectivity index (χ0n) is 7.11. The normalized spacial score (nSPS) is 10.2. The molecule has 1 rings (SSSR count). The number of benzene rings is 1. The van der Waals surface area contributed by atoms with Crippen molar-refractivity contribution < 1.29 is 4.74 Å². The highest BCUT2D eigenvalue weighted by Gasteiger charge is 1.90. The average Bonchev–Trinajstić information content (AvgIpc) is 2.15. The van der Waals surface area contributed by atoms with Gasteiger partial charge in [-0.25, -0.2) is 0 Å². The second-order valence-corrected chi connectivity index (χ2v) is 2.14. The van der Waals surface area contributed by atoms with Crippen molar-refractivity contribution in [3.63, 3.8) is 0 Å². The van der Waals surface area contributed by atoms with E-state index in [0.717, 1.165) is 11.4 Å². The molecule has 0 radical (unpaired) electrons. The van der Waals surface area contributed by atoms with E-state index in [0.29, 0.717) is 0 Å². The van der Waals surface area contributed by atoms with E-state index in [9.17, 15) is 0 Å². The van der Waals surface area contributed by atoms with E-state index < -0.39 is 0 Å². The molecule has 0 amide bonds. The van der Waals surface area contributed by atoms with Gasteiger partial charge in [0.25, 0.3) is 0 Å². The van der Waals surface area contributed by atoms with Gasteiger partial charge in [-0.2, -0.15) is 5.11 Å². The van der Waals surface area contributed by atoms with Gasteiger partial charge in [-0.05, 0) is 24.3 Å². The van der Waals surface area contributed by atoms with Crippen LogP contribution in [0.25, 0.3) is 0 Å². The van der Waals surface area contributed by atoms with Crippen molar-refractivity contribution in [1.29, 1.82) is 0 Å². The van der Waals surface area contributed by atoms with Gasteiger partial charge in [-0.3, -0.25) is 5.43 Å². The van der Waals surface area contributed by atoms with Crippen LogP contribution in [0.2, 0.25) is 0 Å². The first-order valence-electron chi connectivity index (χ1n) is 3.55. The van der Waals surface area contributed by atoms with Gasteiger partial charge >= 0.3 is 0 Å². The fourth-order valence-electron chi connectivity index (χ4n) is 0.773. The lowest BCUT2D eigenvalue weighted by Crippen LogP contribution is -1.87. The Hall–Kier alpha value is -1.58. The maximum Gasteiger partial charge on any atom is 0.119 e. The Morgan fingerprint density at radius 3 is 2.42 bits per heavy atom. The molecule has 0 spiro atoms. The van der Waals surface area contributed by atoms with Gasteiger partial charge in [0.1, 0.15) is 5.75 Å². The lowest BCUT2D eigenvalue weighted by molar-refractivity contribution is 0.415. The van der Waals surface area contributed by atoms with Crippen molar-refractivity contribution in [2.24, 2.45) is 10.3 Å². The highest BCUT2D eigenvalue weighted by molar-refractivity contribution is 5.45. The molecule has 4 nitrogen and oxygen atoms in total. The molecule has 0 aliphatic carbocycles. The van der Waals surface area contributed by atoms with Gasteiger partial charge < -0.3 is 4.74 Å². The summed E-state index contributed by atoms with van der Waals surface area (Å²) in [4.78, 5) is 0. The van der Waals surface area contributed by atoms with Crippen LogP contribution in [0.1, 0.15) is 0 Å². The molecule has 4 heteroatoms. The number of anilines is 1. The Bertz CT molecular complexity index is 256. The molecule has 1 aromatic rings. The van der Waals surface area contributed by atoms with Crippen LogP contribution in [0.5, 0.6) is 5.75 Å². The monoisotopic (exact) mass is 165 g/mol. The summed E-state index contributed by atoms with van der Waals surface area (Å²) >= 11 is 0. The van der Waals surface area contributed by atoms with Crippen LogP contribution >= 0.6 is 0 Å². The summed E-state index contributed by atoms with van der Waals surface area (Å²) in [5, 5.41) is 7.19. The first-order chi connectivity index (χ1) is 5.86. The molecule has 1 aromatic carbocycles. The predicted molar refractivity (Wildman–Crippen MR) is 47.4 cm³/mol. The quantitative estimate of drug-likeness (QED) is 0.550. The van der Waals surface area contributed by atoms with Gasteiger partial charge in [0.2, 0.25) is 0 Å². The molecule has 0 heterocycles. The zero-order valence-corrected chi connectivity index (χ0v) is 7.11. The number of nitrogens with zero attached hydrogens (tertiary/aromatic N) is 2. The second-order valence-electron chi connectivity index (χ2n) is 2.14. The molecule has 0 saturated carbocycles. The number of rotatable bonds is 3. The second kappa shape index (κ2) is 4.33. The molecule has 0 saturated heterocycles. The third-order valence-electron chi connectivity index (χ3n) is 1.37. The van der Waals surface area contributed by atoms with Crippen molar-refractivity contribution >= 4 is 5.69 Å². The Kier molecular flexibility index (Phi) is 3.07. The van der Waals surface area contributed by atoms with Crippen LogP contribution in [0.3, 0.4) is 0 Å². The summed E-state index contributed by atoms with van der Waals surface area (Å²) in [7, 11) is 3.24. The largest absolute Gasteiger partial charge is 0.497 e. The number of hydrogen-bond donors (Lipinski definition) is 1. The lowest BCUT2D eigenvalue weighted by Gasteiger charge is -2.00. The third-order valence-corrected chi connectivity index (χ3v) is 1.37. The van der Waals surface area contributed by atoms with Gasteiger partial charge in [-0.15, -0.1) is 0 Å². The SMILES string of the molecule is CN=NNc1ccc(OC)cc1. The lowest BCUT2D eigenvalue weighted by atomic mass is 10.3. The standard InChI is InChI=1S/C8H11N3O/c1-9-11-10-7-3-5-8(12-2)6-4-7/h3-6H,1-2H3,(H,9,10). The van der Waals surface area contributed by atoms with E-state index in [1.165, 1.54) is 0 Å². The molecule has 64 valence electrons. The van der Waals surface area contributed by atoms with Crippen molar-refractivity contribution in [1.82, 2.24) is 0 Å². The summed E-state index contributed by atoms with van der Waals surface area (Å²) in [6.07, 6.45) is 0. The van der Waals surface area contributed by atoms with Crippen molar-refractivity contribution in [3.05, 3.63) is 24.3 Å². The zero-order chi connectivity index (χ0) is 8.81. The molecular formula is C8H11N3O. The Balaban J connectivity index is 2.64. The van der Waals surface area contributed by atoms with Gasteiger partial charge in [-0.1, -0.05) is 5.22 Å². The predicted octanol–water partition coefficient (Wildman–Crippen LogP) is 2.10. The molecule has 0 bridgehead atoms. The minimum absolute atomic E-state index is 0.828. The molecule has 0 aliphatic rings. The fraction of sp³-hybridized carbons (Fsp3) is 0.250. The number of ether oxygens (including phenoxy) is 1. The topological polar surface area (TPSA) is 46.0 Å². The highest BCUT2D eigenvalue weighted by atomic mass is 16.5. The Labute approximate surface area is 71.2 Å². The molecular weight excluding hydrogens is 154 g/mol. The number of hydrogen-bond acceptors (Lipinski definition) is 3. The van der Waals surface area contributed by atoms with Crippen LogP contribution in [0, 0.1) is 0 Å². The molecule has 0 unspecified atom stereocenters. The summed E-state index contributed by atoms with van der Waals surface area (Å²) in [6.45, 7) is 0. The van der Waals surface area contributed by atoms with E-state index in [1.807, 2.05) is 24.3 Å². The molecule has 0 aliphatic heterocycles.